The number of nitrogens with zero attached hydrogens (tertiary/aromatic N) is 4. The largest absolute Gasteiger partial charge is 0.329 e. The third-order valence-corrected chi connectivity index (χ3v) is 5.17. The van der Waals surface area contributed by atoms with Crippen LogP contribution in [0.25, 0.3) is 5.69 Å². The van der Waals surface area contributed by atoms with Crippen LogP contribution in [0.2, 0.25) is 0 Å². The highest BCUT2D eigenvalue weighted by Gasteiger charge is 2.33. The van der Waals surface area contributed by atoms with Crippen molar-refractivity contribution in [3.63, 3.8) is 0 Å². The highest BCUT2D eigenvalue weighted by molar-refractivity contribution is 7.09. The molecule has 1 aliphatic rings. The van der Waals surface area contributed by atoms with Gasteiger partial charge in [-0.15, -0.1) is 11.3 Å². The zero-order valence-electron chi connectivity index (χ0n) is 14.3. The van der Waals surface area contributed by atoms with E-state index < -0.39 is 0 Å². The standard InChI is InChI=1S/C19H20N4OS/c1-13-11-14(2)23(21-13)17-5-3-15(4-6-17)19(24)22(16-7-8-16)12-18-20-9-10-25-18/h3-6,9-11,16H,7-8,12H2,1-2H3. The molecule has 1 fully saturated rings. The molecular formula is C19H20N4OS. The van der Waals surface area contributed by atoms with E-state index in [0.29, 0.717) is 18.2 Å². The van der Waals surface area contributed by atoms with Gasteiger partial charge in [0.2, 0.25) is 0 Å². The molecule has 1 saturated carbocycles. The van der Waals surface area contributed by atoms with Crippen LogP contribution in [0.1, 0.15) is 39.6 Å². The number of carbonyl (C=O) groups is 1. The summed E-state index contributed by atoms with van der Waals surface area (Å²) in [5.41, 5.74) is 3.76. The number of aryl methyl sites for hydroxylation is 2. The maximum absolute atomic E-state index is 13.0. The molecular weight excluding hydrogens is 332 g/mol. The summed E-state index contributed by atoms with van der Waals surface area (Å²) in [6.07, 6.45) is 3.96. The monoisotopic (exact) mass is 352 g/mol. The molecule has 0 N–H and O–H groups in total. The Morgan fingerprint density at radius 3 is 2.60 bits per heavy atom. The average molecular weight is 352 g/mol. The maximum atomic E-state index is 13.0. The van der Waals surface area contributed by atoms with E-state index in [1.807, 2.05) is 59.1 Å². The Morgan fingerprint density at radius 2 is 2.04 bits per heavy atom. The minimum absolute atomic E-state index is 0.0811. The average Bonchev–Trinajstić information content (AvgIpc) is 3.21. The quantitative estimate of drug-likeness (QED) is 0.703. The van der Waals surface area contributed by atoms with Crippen molar-refractivity contribution in [3.8, 4) is 5.69 Å². The molecule has 1 aliphatic carbocycles. The van der Waals surface area contributed by atoms with E-state index in [0.717, 1.165) is 34.9 Å². The molecule has 128 valence electrons. The summed E-state index contributed by atoms with van der Waals surface area (Å²) in [4.78, 5) is 19.2. The van der Waals surface area contributed by atoms with Gasteiger partial charge in [0.1, 0.15) is 5.01 Å². The third-order valence-electron chi connectivity index (χ3n) is 4.41. The molecule has 4 rings (SSSR count). The molecule has 1 amide bonds. The second kappa shape index (κ2) is 6.44. The van der Waals surface area contributed by atoms with Crippen molar-refractivity contribution in [2.75, 3.05) is 0 Å². The van der Waals surface area contributed by atoms with Gasteiger partial charge in [-0.2, -0.15) is 5.10 Å². The first kappa shape index (κ1) is 16.0. The van der Waals surface area contributed by atoms with Gasteiger partial charge >= 0.3 is 0 Å². The lowest BCUT2D eigenvalue weighted by Crippen LogP contribution is -2.32. The smallest absolute Gasteiger partial charge is 0.254 e. The van der Waals surface area contributed by atoms with Gasteiger partial charge in [0.05, 0.1) is 17.9 Å². The minimum atomic E-state index is 0.0811. The summed E-state index contributed by atoms with van der Waals surface area (Å²) in [6, 6.07) is 10.1. The molecule has 0 saturated heterocycles. The van der Waals surface area contributed by atoms with E-state index in [-0.39, 0.29) is 5.91 Å². The Labute approximate surface area is 150 Å². The Bertz CT molecular complexity index is 879. The molecule has 5 nitrogen and oxygen atoms in total. The van der Waals surface area contributed by atoms with Crippen molar-refractivity contribution >= 4 is 17.2 Å². The molecule has 0 atom stereocenters. The Hall–Kier alpha value is -2.47. The van der Waals surface area contributed by atoms with Crippen LogP contribution in [0, 0.1) is 13.8 Å². The van der Waals surface area contributed by atoms with Crippen molar-refractivity contribution in [1.82, 2.24) is 19.7 Å². The van der Waals surface area contributed by atoms with Gasteiger partial charge in [-0.05, 0) is 57.0 Å². The molecule has 25 heavy (non-hydrogen) atoms. The van der Waals surface area contributed by atoms with E-state index in [4.69, 9.17) is 0 Å². The minimum Gasteiger partial charge on any atom is -0.329 e. The zero-order valence-corrected chi connectivity index (χ0v) is 15.2. The lowest BCUT2D eigenvalue weighted by atomic mass is 10.1. The van der Waals surface area contributed by atoms with Crippen molar-refractivity contribution in [3.05, 3.63) is 63.9 Å². The molecule has 0 aliphatic heterocycles. The second-order valence-corrected chi connectivity index (χ2v) is 7.45. The van der Waals surface area contributed by atoms with Crippen LogP contribution in [0.3, 0.4) is 0 Å². The molecule has 0 spiro atoms. The molecule has 0 bridgehead atoms. The van der Waals surface area contributed by atoms with E-state index in [9.17, 15) is 4.79 Å². The van der Waals surface area contributed by atoms with E-state index >= 15 is 0 Å². The Balaban J connectivity index is 1.56. The number of benzene rings is 1. The summed E-state index contributed by atoms with van der Waals surface area (Å²) in [6.45, 7) is 4.61. The van der Waals surface area contributed by atoms with Crippen LogP contribution < -0.4 is 0 Å². The van der Waals surface area contributed by atoms with E-state index in [2.05, 4.69) is 10.1 Å². The van der Waals surface area contributed by atoms with Crippen molar-refractivity contribution < 1.29 is 4.79 Å². The van der Waals surface area contributed by atoms with Gasteiger partial charge in [-0.1, -0.05) is 0 Å². The number of hydrogen-bond donors (Lipinski definition) is 0. The third kappa shape index (κ3) is 3.35. The number of carbonyl (C=O) groups excluding carboxylic acids is 1. The van der Waals surface area contributed by atoms with Gasteiger partial charge < -0.3 is 4.90 Å². The fraction of sp³-hybridized carbons (Fsp3) is 0.316. The number of thiazole rings is 1. The SMILES string of the molecule is Cc1cc(C)n(-c2ccc(C(=O)N(Cc3nccs3)C3CC3)cc2)n1. The maximum Gasteiger partial charge on any atom is 0.254 e. The summed E-state index contributed by atoms with van der Waals surface area (Å²) in [5, 5.41) is 7.43. The first-order valence-electron chi connectivity index (χ1n) is 8.45. The van der Waals surface area contributed by atoms with Crippen LogP contribution in [0.4, 0.5) is 0 Å². The van der Waals surface area contributed by atoms with Gasteiger partial charge in [0.15, 0.2) is 0 Å². The molecule has 6 heteroatoms. The predicted octanol–water partition coefficient (Wildman–Crippen LogP) is 3.75. The summed E-state index contributed by atoms with van der Waals surface area (Å²) in [7, 11) is 0. The van der Waals surface area contributed by atoms with Crippen LogP contribution in [-0.2, 0) is 6.54 Å². The summed E-state index contributed by atoms with van der Waals surface area (Å²) in [5.74, 6) is 0.0811. The van der Waals surface area contributed by atoms with Crippen molar-refractivity contribution in [1.29, 1.82) is 0 Å². The number of rotatable bonds is 5. The summed E-state index contributed by atoms with van der Waals surface area (Å²) < 4.78 is 1.90. The van der Waals surface area contributed by atoms with Crippen LogP contribution >= 0.6 is 11.3 Å². The number of aromatic nitrogens is 3. The van der Waals surface area contributed by atoms with Gasteiger partial charge in [-0.3, -0.25) is 4.79 Å². The van der Waals surface area contributed by atoms with Gasteiger partial charge in [0, 0.05) is 28.9 Å². The van der Waals surface area contributed by atoms with E-state index in [1.54, 1.807) is 17.5 Å². The van der Waals surface area contributed by atoms with Gasteiger partial charge in [0.25, 0.3) is 5.91 Å². The van der Waals surface area contributed by atoms with Crippen molar-refractivity contribution in [2.45, 2.75) is 39.3 Å². The van der Waals surface area contributed by atoms with Crippen LogP contribution in [0.5, 0.6) is 0 Å². The molecule has 1 aromatic carbocycles. The molecule has 0 radical (unpaired) electrons. The van der Waals surface area contributed by atoms with E-state index in [1.165, 1.54) is 0 Å². The topological polar surface area (TPSA) is 51.0 Å². The fourth-order valence-corrected chi connectivity index (χ4v) is 3.65. The number of hydrogen-bond acceptors (Lipinski definition) is 4. The van der Waals surface area contributed by atoms with Crippen molar-refractivity contribution in [2.24, 2.45) is 0 Å². The Morgan fingerprint density at radius 1 is 1.28 bits per heavy atom. The highest BCUT2D eigenvalue weighted by Crippen LogP contribution is 2.30. The molecule has 0 unspecified atom stereocenters. The fourth-order valence-electron chi connectivity index (χ4n) is 3.03. The van der Waals surface area contributed by atoms with Crippen LogP contribution in [-0.4, -0.2) is 31.6 Å². The first-order valence-corrected chi connectivity index (χ1v) is 9.33. The Kier molecular flexibility index (Phi) is 4.13. The lowest BCUT2D eigenvalue weighted by molar-refractivity contribution is 0.0730. The predicted molar refractivity (Wildman–Crippen MR) is 98.0 cm³/mol. The van der Waals surface area contributed by atoms with Gasteiger partial charge in [-0.25, -0.2) is 9.67 Å². The number of amides is 1. The lowest BCUT2D eigenvalue weighted by Gasteiger charge is -2.21. The normalized spacial score (nSPS) is 13.8. The first-order chi connectivity index (χ1) is 12.1. The molecule has 2 aromatic heterocycles. The van der Waals surface area contributed by atoms with Crippen LogP contribution in [0.15, 0.2) is 41.9 Å². The molecule has 2 heterocycles. The summed E-state index contributed by atoms with van der Waals surface area (Å²) >= 11 is 1.60. The zero-order chi connectivity index (χ0) is 17.4. The highest BCUT2D eigenvalue weighted by atomic mass is 32.1. The molecule has 3 aromatic rings. The second-order valence-electron chi connectivity index (χ2n) is 6.48.